The van der Waals surface area contributed by atoms with Gasteiger partial charge in [0, 0.05) is 19.7 Å². The van der Waals surface area contributed by atoms with Gasteiger partial charge in [0.15, 0.2) is 5.82 Å². The molecule has 0 fully saturated rings. The minimum absolute atomic E-state index is 0.00130. The highest BCUT2D eigenvalue weighted by atomic mass is 19.1. The Bertz CT molecular complexity index is 450. The van der Waals surface area contributed by atoms with E-state index < -0.39 is 17.7 Å². The molecule has 0 saturated carbocycles. The Morgan fingerprint density at radius 2 is 2.19 bits per heavy atom. The maximum atomic E-state index is 13.4. The van der Waals surface area contributed by atoms with E-state index in [4.69, 9.17) is 5.73 Å². The summed E-state index contributed by atoms with van der Waals surface area (Å²) in [6.07, 6.45) is 0. The molecule has 0 bridgehead atoms. The van der Waals surface area contributed by atoms with E-state index in [0.717, 1.165) is 6.07 Å². The molecule has 1 atom stereocenters. The van der Waals surface area contributed by atoms with Crippen LogP contribution in [0.15, 0.2) is 12.1 Å². The van der Waals surface area contributed by atoms with Crippen LogP contribution in [0.2, 0.25) is 0 Å². The van der Waals surface area contributed by atoms with E-state index in [0.29, 0.717) is 5.69 Å². The molecular weight excluding hydrogens is 216 g/mol. The number of likely N-dealkylation sites (N-methyl/N-ethyl adjacent to an activating group) is 1. The Morgan fingerprint density at radius 1 is 1.50 bits per heavy atom. The molecule has 1 aromatic carbocycles. The fraction of sp³-hybridized carbons (Fsp3) is 0.300. The van der Waals surface area contributed by atoms with Crippen LogP contribution >= 0.6 is 0 Å². The summed E-state index contributed by atoms with van der Waals surface area (Å²) in [4.78, 5) is 13.0. The smallest absolute Gasteiger partial charge is 0.248 e. The molecular formula is C10H11F2N3O. The van der Waals surface area contributed by atoms with E-state index in [-0.39, 0.29) is 18.1 Å². The first-order valence-electron chi connectivity index (χ1n) is 4.77. The average molecular weight is 227 g/mol. The normalized spacial score (nSPS) is 19.4. The van der Waals surface area contributed by atoms with Crippen molar-refractivity contribution in [3.8, 4) is 0 Å². The number of nitrogens with zero attached hydrogens (tertiary/aromatic N) is 1. The van der Waals surface area contributed by atoms with Gasteiger partial charge in [0.25, 0.3) is 0 Å². The maximum absolute atomic E-state index is 13.4. The van der Waals surface area contributed by atoms with Crippen LogP contribution < -0.4 is 16.0 Å². The van der Waals surface area contributed by atoms with Gasteiger partial charge in [-0.25, -0.2) is 8.78 Å². The third-order valence-electron chi connectivity index (χ3n) is 2.66. The molecule has 0 aliphatic carbocycles. The lowest BCUT2D eigenvalue weighted by Gasteiger charge is -2.34. The zero-order valence-corrected chi connectivity index (χ0v) is 8.63. The van der Waals surface area contributed by atoms with Crippen molar-refractivity contribution < 1.29 is 13.6 Å². The maximum Gasteiger partial charge on any atom is 0.248 e. The summed E-state index contributed by atoms with van der Waals surface area (Å²) in [6, 6.07) is 1.30. The van der Waals surface area contributed by atoms with Crippen LogP contribution in [0.3, 0.4) is 0 Å². The first kappa shape index (κ1) is 10.8. The summed E-state index contributed by atoms with van der Waals surface area (Å²) in [5.41, 5.74) is 5.72. The standard InChI is InChI=1S/C10H11F2N3O/c1-15-7-3-5(11)2-6(12)9(7)14-10(16)8(15)4-13/h2-3,8H,4,13H2,1H3,(H,14,16). The van der Waals surface area contributed by atoms with Gasteiger partial charge in [-0.05, 0) is 6.07 Å². The Hall–Kier alpha value is -1.69. The van der Waals surface area contributed by atoms with Crippen LogP contribution in [0.5, 0.6) is 0 Å². The number of anilines is 2. The topological polar surface area (TPSA) is 58.4 Å². The first-order valence-corrected chi connectivity index (χ1v) is 4.77. The van der Waals surface area contributed by atoms with E-state index in [2.05, 4.69) is 5.32 Å². The van der Waals surface area contributed by atoms with Gasteiger partial charge in [0.05, 0.1) is 5.69 Å². The van der Waals surface area contributed by atoms with Crippen LogP contribution in [-0.2, 0) is 4.79 Å². The fourth-order valence-corrected chi connectivity index (χ4v) is 1.78. The molecule has 3 N–H and O–H groups in total. The molecule has 86 valence electrons. The third-order valence-corrected chi connectivity index (χ3v) is 2.66. The predicted octanol–water partition coefficient (Wildman–Crippen LogP) is 0.680. The number of fused-ring (bicyclic) bond motifs is 1. The fourth-order valence-electron chi connectivity index (χ4n) is 1.78. The summed E-state index contributed by atoms with van der Waals surface area (Å²) < 4.78 is 26.4. The van der Waals surface area contributed by atoms with Crippen LogP contribution in [0, 0.1) is 11.6 Å². The largest absolute Gasteiger partial charge is 0.360 e. The second kappa shape index (κ2) is 3.71. The molecule has 1 unspecified atom stereocenters. The van der Waals surface area contributed by atoms with Gasteiger partial charge in [0.1, 0.15) is 17.5 Å². The zero-order valence-electron chi connectivity index (χ0n) is 8.63. The number of carbonyl (C=O) groups excluding carboxylic acids is 1. The lowest BCUT2D eigenvalue weighted by Crippen LogP contribution is -2.50. The van der Waals surface area contributed by atoms with Gasteiger partial charge in [0.2, 0.25) is 5.91 Å². The Labute approximate surface area is 91.0 Å². The molecule has 1 aliphatic heterocycles. The molecule has 1 heterocycles. The summed E-state index contributed by atoms with van der Waals surface area (Å²) in [6.45, 7) is 0.0832. The highest BCUT2D eigenvalue weighted by Crippen LogP contribution is 2.33. The second-order valence-corrected chi connectivity index (χ2v) is 3.63. The van der Waals surface area contributed by atoms with Gasteiger partial charge in [-0.3, -0.25) is 4.79 Å². The van der Waals surface area contributed by atoms with Crippen molar-refractivity contribution in [2.75, 3.05) is 23.8 Å². The van der Waals surface area contributed by atoms with Crippen LogP contribution in [0.25, 0.3) is 0 Å². The molecule has 1 aromatic rings. The van der Waals surface area contributed by atoms with Crippen molar-refractivity contribution in [1.29, 1.82) is 0 Å². The van der Waals surface area contributed by atoms with Gasteiger partial charge >= 0.3 is 0 Å². The Morgan fingerprint density at radius 3 is 2.81 bits per heavy atom. The molecule has 4 nitrogen and oxygen atoms in total. The van der Waals surface area contributed by atoms with Crippen molar-refractivity contribution >= 4 is 17.3 Å². The number of carbonyl (C=O) groups is 1. The summed E-state index contributed by atoms with van der Waals surface area (Å²) >= 11 is 0. The molecule has 1 aliphatic rings. The Kier molecular flexibility index (Phi) is 2.51. The summed E-state index contributed by atoms with van der Waals surface area (Å²) in [7, 11) is 1.58. The number of hydrogen-bond donors (Lipinski definition) is 2. The van der Waals surface area contributed by atoms with E-state index in [9.17, 15) is 13.6 Å². The van der Waals surface area contributed by atoms with E-state index in [1.54, 1.807) is 7.05 Å². The number of nitrogens with two attached hydrogens (primary N) is 1. The summed E-state index contributed by atoms with van der Waals surface area (Å²) in [5.74, 6) is -1.86. The van der Waals surface area contributed by atoms with Crippen molar-refractivity contribution in [2.24, 2.45) is 5.73 Å². The van der Waals surface area contributed by atoms with Gasteiger partial charge in [-0.15, -0.1) is 0 Å². The molecule has 16 heavy (non-hydrogen) atoms. The molecule has 6 heteroatoms. The number of nitrogens with one attached hydrogen (secondary N) is 1. The molecule has 0 radical (unpaired) electrons. The minimum Gasteiger partial charge on any atom is -0.360 e. The molecule has 0 saturated heterocycles. The highest BCUT2D eigenvalue weighted by Gasteiger charge is 2.31. The van der Waals surface area contributed by atoms with Crippen LogP contribution in [0.4, 0.5) is 20.2 Å². The lowest BCUT2D eigenvalue weighted by atomic mass is 10.1. The number of halogens is 2. The molecule has 1 amide bonds. The SMILES string of the molecule is CN1c2cc(F)cc(F)c2NC(=O)C1CN. The highest BCUT2D eigenvalue weighted by molar-refractivity contribution is 6.03. The summed E-state index contributed by atoms with van der Waals surface area (Å²) in [5, 5.41) is 2.38. The van der Waals surface area contributed by atoms with E-state index in [1.807, 2.05) is 0 Å². The van der Waals surface area contributed by atoms with Crippen molar-refractivity contribution in [1.82, 2.24) is 0 Å². The van der Waals surface area contributed by atoms with Crippen molar-refractivity contribution in [3.63, 3.8) is 0 Å². The van der Waals surface area contributed by atoms with Crippen LogP contribution in [-0.4, -0.2) is 25.5 Å². The van der Waals surface area contributed by atoms with Gasteiger partial charge in [-0.1, -0.05) is 0 Å². The molecule has 0 spiro atoms. The van der Waals surface area contributed by atoms with E-state index >= 15 is 0 Å². The minimum atomic E-state index is -0.786. The first-order chi connectivity index (χ1) is 7.54. The molecule has 2 rings (SSSR count). The predicted molar refractivity (Wildman–Crippen MR) is 56.2 cm³/mol. The number of benzene rings is 1. The Balaban J connectivity index is 2.55. The number of hydrogen-bond acceptors (Lipinski definition) is 3. The van der Waals surface area contributed by atoms with Crippen LogP contribution in [0.1, 0.15) is 0 Å². The van der Waals surface area contributed by atoms with Gasteiger partial charge < -0.3 is 16.0 Å². The number of amides is 1. The third kappa shape index (κ3) is 1.51. The van der Waals surface area contributed by atoms with E-state index in [1.165, 1.54) is 11.0 Å². The van der Waals surface area contributed by atoms with Gasteiger partial charge in [-0.2, -0.15) is 0 Å². The lowest BCUT2D eigenvalue weighted by molar-refractivity contribution is -0.117. The average Bonchev–Trinajstić information content (AvgIpc) is 2.21. The molecule has 0 aromatic heterocycles. The number of rotatable bonds is 1. The zero-order chi connectivity index (χ0) is 11.9. The van der Waals surface area contributed by atoms with Crippen molar-refractivity contribution in [3.05, 3.63) is 23.8 Å². The monoisotopic (exact) mass is 227 g/mol. The van der Waals surface area contributed by atoms with Crippen molar-refractivity contribution in [2.45, 2.75) is 6.04 Å². The second-order valence-electron chi connectivity index (χ2n) is 3.63. The quantitative estimate of drug-likeness (QED) is 0.741.